The summed E-state index contributed by atoms with van der Waals surface area (Å²) in [5.41, 5.74) is 1.87. The van der Waals surface area contributed by atoms with E-state index in [1.54, 1.807) is 12.3 Å². The van der Waals surface area contributed by atoms with Crippen LogP contribution in [0.1, 0.15) is 36.8 Å². The zero-order chi connectivity index (χ0) is 16.1. The highest BCUT2D eigenvalue weighted by atomic mass is 19.1. The molecule has 1 aromatic heterocycles. The molecule has 4 nitrogen and oxygen atoms in total. The third-order valence-corrected chi connectivity index (χ3v) is 3.97. The summed E-state index contributed by atoms with van der Waals surface area (Å²) in [4.78, 5) is 4.32. The molecule has 1 N–H and O–H groups in total. The van der Waals surface area contributed by atoms with Crippen molar-refractivity contribution in [2.45, 2.75) is 38.3 Å². The fourth-order valence-electron chi connectivity index (χ4n) is 2.72. The molecule has 1 heterocycles. The fourth-order valence-corrected chi connectivity index (χ4v) is 2.72. The van der Waals surface area contributed by atoms with E-state index in [9.17, 15) is 4.39 Å². The monoisotopic (exact) mass is 311 g/mol. The van der Waals surface area contributed by atoms with Gasteiger partial charge in [0.1, 0.15) is 18.0 Å². The molecule has 118 valence electrons. The fraction of sp³-hybridized carbons (Fsp3) is 0.333. The van der Waals surface area contributed by atoms with Gasteiger partial charge in [0, 0.05) is 18.8 Å². The van der Waals surface area contributed by atoms with Crippen LogP contribution in [-0.4, -0.2) is 11.1 Å². The van der Waals surface area contributed by atoms with Crippen LogP contribution >= 0.6 is 0 Å². The molecule has 1 saturated carbocycles. The number of pyridine rings is 1. The predicted octanol–water partition coefficient (Wildman–Crippen LogP) is 4.03. The summed E-state index contributed by atoms with van der Waals surface area (Å²) >= 11 is 0. The number of benzene rings is 1. The highest BCUT2D eigenvalue weighted by molar-refractivity contribution is 5.57. The summed E-state index contributed by atoms with van der Waals surface area (Å²) in [5, 5.41) is 12.2. The molecule has 0 atom stereocenters. The van der Waals surface area contributed by atoms with Crippen LogP contribution < -0.4 is 10.1 Å². The van der Waals surface area contributed by atoms with E-state index >= 15 is 0 Å². The number of hydrogen-bond acceptors (Lipinski definition) is 4. The second-order valence-corrected chi connectivity index (χ2v) is 5.68. The Morgan fingerprint density at radius 2 is 2.09 bits per heavy atom. The second kappa shape index (κ2) is 7.10. The van der Waals surface area contributed by atoms with Crippen molar-refractivity contribution in [2.24, 2.45) is 0 Å². The number of ether oxygens (including phenoxy) is 1. The van der Waals surface area contributed by atoms with E-state index < -0.39 is 5.82 Å². The molecule has 0 spiro atoms. The van der Waals surface area contributed by atoms with E-state index in [1.165, 1.54) is 25.0 Å². The van der Waals surface area contributed by atoms with Crippen LogP contribution in [0.4, 0.5) is 10.1 Å². The summed E-state index contributed by atoms with van der Waals surface area (Å²) in [6, 6.07) is 9.92. The summed E-state index contributed by atoms with van der Waals surface area (Å²) in [6.07, 6.45) is 6.71. The number of nitrogens with one attached hydrogen (secondary N) is 1. The molecule has 0 bridgehead atoms. The van der Waals surface area contributed by atoms with Crippen LogP contribution in [0, 0.1) is 17.1 Å². The van der Waals surface area contributed by atoms with Gasteiger partial charge in [-0.05, 0) is 49.4 Å². The maximum absolute atomic E-state index is 13.1. The smallest absolute Gasteiger partial charge is 0.213 e. The van der Waals surface area contributed by atoms with Crippen molar-refractivity contribution in [3.8, 4) is 11.9 Å². The number of hydrogen-bond donors (Lipinski definition) is 1. The normalized spacial score (nSPS) is 14.4. The molecule has 1 fully saturated rings. The van der Waals surface area contributed by atoms with Crippen LogP contribution in [0.25, 0.3) is 0 Å². The topological polar surface area (TPSA) is 57.9 Å². The molecular formula is C18H18FN3O. The SMILES string of the molecule is N#Cc1cc(F)ccc1NCc1ccc(OC2CCCC2)nc1. The number of aromatic nitrogens is 1. The summed E-state index contributed by atoms with van der Waals surface area (Å²) in [5.74, 6) is 0.238. The lowest BCUT2D eigenvalue weighted by atomic mass is 10.2. The molecule has 1 aromatic carbocycles. The first-order valence-electron chi connectivity index (χ1n) is 7.80. The average Bonchev–Trinajstić information content (AvgIpc) is 3.08. The third-order valence-electron chi connectivity index (χ3n) is 3.97. The van der Waals surface area contributed by atoms with Crippen LogP contribution in [0.2, 0.25) is 0 Å². The van der Waals surface area contributed by atoms with Gasteiger partial charge in [0.15, 0.2) is 0 Å². The Morgan fingerprint density at radius 3 is 2.78 bits per heavy atom. The zero-order valence-electron chi connectivity index (χ0n) is 12.8. The molecule has 3 rings (SSSR count). The average molecular weight is 311 g/mol. The number of halogens is 1. The molecule has 0 amide bonds. The Labute approximate surface area is 134 Å². The lowest BCUT2D eigenvalue weighted by Crippen LogP contribution is -2.12. The molecule has 1 aliphatic carbocycles. The molecule has 23 heavy (non-hydrogen) atoms. The Bertz CT molecular complexity index is 703. The highest BCUT2D eigenvalue weighted by Gasteiger charge is 2.16. The first kappa shape index (κ1) is 15.3. The lowest BCUT2D eigenvalue weighted by molar-refractivity contribution is 0.201. The summed E-state index contributed by atoms with van der Waals surface area (Å²) in [6.45, 7) is 0.511. The van der Waals surface area contributed by atoms with Gasteiger partial charge in [-0.15, -0.1) is 0 Å². The van der Waals surface area contributed by atoms with Gasteiger partial charge in [-0.25, -0.2) is 9.37 Å². The summed E-state index contributed by atoms with van der Waals surface area (Å²) < 4.78 is 18.9. The Balaban J connectivity index is 1.59. The van der Waals surface area contributed by atoms with Crippen LogP contribution in [0.5, 0.6) is 5.88 Å². The van der Waals surface area contributed by atoms with E-state index in [-0.39, 0.29) is 0 Å². The van der Waals surface area contributed by atoms with Crippen molar-refractivity contribution in [3.63, 3.8) is 0 Å². The maximum atomic E-state index is 13.1. The number of anilines is 1. The Morgan fingerprint density at radius 1 is 1.26 bits per heavy atom. The Hall–Kier alpha value is -2.61. The molecule has 0 unspecified atom stereocenters. The summed E-state index contributed by atoms with van der Waals surface area (Å²) in [7, 11) is 0. The molecule has 0 aliphatic heterocycles. The van der Waals surface area contributed by atoms with E-state index in [4.69, 9.17) is 10.00 Å². The van der Waals surface area contributed by atoms with Gasteiger partial charge < -0.3 is 10.1 Å². The van der Waals surface area contributed by atoms with Gasteiger partial charge in [-0.1, -0.05) is 6.07 Å². The maximum Gasteiger partial charge on any atom is 0.213 e. The second-order valence-electron chi connectivity index (χ2n) is 5.68. The standard InChI is InChI=1S/C18H18FN3O/c19-15-6-7-17(14(9-15)10-20)21-11-13-5-8-18(22-12-13)23-16-3-1-2-4-16/h5-9,12,16,21H,1-4,11H2. The van der Waals surface area contributed by atoms with Crippen molar-refractivity contribution < 1.29 is 9.13 Å². The molecule has 2 aromatic rings. The van der Waals surface area contributed by atoms with E-state index in [1.807, 2.05) is 18.2 Å². The highest BCUT2D eigenvalue weighted by Crippen LogP contribution is 2.23. The number of nitriles is 1. The zero-order valence-corrected chi connectivity index (χ0v) is 12.8. The van der Waals surface area contributed by atoms with Crippen LogP contribution in [0.3, 0.4) is 0 Å². The quantitative estimate of drug-likeness (QED) is 0.906. The van der Waals surface area contributed by atoms with Crippen molar-refractivity contribution in [3.05, 3.63) is 53.5 Å². The van der Waals surface area contributed by atoms with Crippen molar-refractivity contribution in [1.29, 1.82) is 5.26 Å². The first-order valence-corrected chi connectivity index (χ1v) is 7.80. The number of rotatable bonds is 5. The number of nitrogens with zero attached hydrogens (tertiary/aromatic N) is 2. The predicted molar refractivity (Wildman–Crippen MR) is 85.6 cm³/mol. The van der Waals surface area contributed by atoms with Gasteiger partial charge in [0.2, 0.25) is 5.88 Å². The van der Waals surface area contributed by atoms with Gasteiger partial charge in [-0.2, -0.15) is 5.26 Å². The van der Waals surface area contributed by atoms with Crippen molar-refractivity contribution >= 4 is 5.69 Å². The van der Waals surface area contributed by atoms with Gasteiger partial charge in [0.25, 0.3) is 0 Å². The Kier molecular flexibility index (Phi) is 4.72. The minimum absolute atomic E-state index is 0.291. The lowest BCUT2D eigenvalue weighted by Gasteiger charge is -2.12. The minimum atomic E-state index is -0.415. The third kappa shape index (κ3) is 3.98. The van der Waals surface area contributed by atoms with Gasteiger partial charge >= 0.3 is 0 Å². The van der Waals surface area contributed by atoms with E-state index in [0.717, 1.165) is 18.4 Å². The van der Waals surface area contributed by atoms with Crippen LogP contribution in [0.15, 0.2) is 36.5 Å². The minimum Gasteiger partial charge on any atom is -0.474 e. The van der Waals surface area contributed by atoms with Gasteiger partial charge in [-0.3, -0.25) is 0 Å². The largest absolute Gasteiger partial charge is 0.474 e. The molecule has 0 radical (unpaired) electrons. The molecule has 1 aliphatic rings. The van der Waals surface area contributed by atoms with Crippen molar-refractivity contribution in [2.75, 3.05) is 5.32 Å². The van der Waals surface area contributed by atoms with Crippen molar-refractivity contribution in [1.82, 2.24) is 4.98 Å². The van der Waals surface area contributed by atoms with Gasteiger partial charge in [0.05, 0.1) is 11.3 Å². The van der Waals surface area contributed by atoms with Crippen LogP contribution in [-0.2, 0) is 6.54 Å². The molecule has 0 saturated heterocycles. The molecule has 5 heteroatoms. The van der Waals surface area contributed by atoms with E-state index in [0.29, 0.717) is 29.8 Å². The van der Waals surface area contributed by atoms with E-state index in [2.05, 4.69) is 10.3 Å². The first-order chi connectivity index (χ1) is 11.2. The molecular weight excluding hydrogens is 293 g/mol.